The highest BCUT2D eigenvalue weighted by Gasteiger charge is 2.34. The van der Waals surface area contributed by atoms with E-state index in [9.17, 15) is 12.8 Å². The minimum atomic E-state index is -3.58. The van der Waals surface area contributed by atoms with Crippen LogP contribution in [0, 0.1) is 11.7 Å². The van der Waals surface area contributed by atoms with Gasteiger partial charge in [-0.2, -0.15) is 4.31 Å². The first-order valence-electron chi connectivity index (χ1n) is 6.42. The predicted molar refractivity (Wildman–Crippen MR) is 78.8 cm³/mol. The molecule has 2 unspecified atom stereocenters. The van der Waals surface area contributed by atoms with Gasteiger partial charge in [-0.25, -0.2) is 12.8 Å². The molecule has 114 valence electrons. The summed E-state index contributed by atoms with van der Waals surface area (Å²) < 4.78 is 39.4. The number of hydrogen-bond donors (Lipinski definition) is 1. The molecule has 1 aliphatic heterocycles. The zero-order chi connectivity index (χ0) is 14.0. The first-order chi connectivity index (χ1) is 8.95. The highest BCUT2D eigenvalue weighted by Crippen LogP contribution is 2.27. The number of hydrogen-bond acceptors (Lipinski definition) is 3. The van der Waals surface area contributed by atoms with Gasteiger partial charge in [0.05, 0.1) is 4.90 Å². The van der Waals surface area contributed by atoms with Crippen LogP contribution in [0.5, 0.6) is 0 Å². The highest BCUT2D eigenvalue weighted by molar-refractivity contribution is 7.89. The highest BCUT2D eigenvalue weighted by atomic mass is 35.5. The normalized spacial score (nSPS) is 24.1. The van der Waals surface area contributed by atoms with Gasteiger partial charge in [-0.15, -0.1) is 12.4 Å². The van der Waals surface area contributed by atoms with Gasteiger partial charge >= 0.3 is 0 Å². The lowest BCUT2D eigenvalue weighted by atomic mass is 9.94. The molecule has 1 aliphatic rings. The summed E-state index contributed by atoms with van der Waals surface area (Å²) in [6, 6.07) is 4.76. The standard InChI is InChI=1S/C13H19FN2O2S.ClH/c1-10-6-7-16(12(8-10)9-15)19(17,18)13-4-2-11(14)3-5-13;/h2-5,10,12H,6-9,15H2,1H3;1H. The van der Waals surface area contributed by atoms with Crippen molar-refractivity contribution in [3.8, 4) is 0 Å². The molecule has 4 nitrogen and oxygen atoms in total. The number of nitrogens with two attached hydrogens (primary N) is 1. The molecule has 0 saturated carbocycles. The largest absolute Gasteiger partial charge is 0.329 e. The molecular weight excluding hydrogens is 303 g/mol. The van der Waals surface area contributed by atoms with Crippen LogP contribution in [0.25, 0.3) is 0 Å². The lowest BCUT2D eigenvalue weighted by Gasteiger charge is -2.36. The van der Waals surface area contributed by atoms with Crippen molar-refractivity contribution in [2.75, 3.05) is 13.1 Å². The summed E-state index contributed by atoms with van der Waals surface area (Å²) in [6.07, 6.45) is 1.61. The first-order valence-corrected chi connectivity index (χ1v) is 7.86. The van der Waals surface area contributed by atoms with Crippen LogP contribution in [0.3, 0.4) is 0 Å². The van der Waals surface area contributed by atoms with Gasteiger partial charge in [0, 0.05) is 19.1 Å². The fraction of sp³-hybridized carbons (Fsp3) is 0.538. The number of benzene rings is 1. The molecule has 0 radical (unpaired) electrons. The average Bonchev–Trinajstić information content (AvgIpc) is 2.38. The summed E-state index contributed by atoms with van der Waals surface area (Å²) in [4.78, 5) is 0.127. The van der Waals surface area contributed by atoms with Crippen molar-refractivity contribution >= 4 is 22.4 Å². The van der Waals surface area contributed by atoms with Gasteiger partial charge in [-0.05, 0) is 43.0 Å². The summed E-state index contributed by atoms with van der Waals surface area (Å²) in [7, 11) is -3.58. The van der Waals surface area contributed by atoms with Crippen LogP contribution in [0.4, 0.5) is 4.39 Å². The second-order valence-corrected chi connectivity index (χ2v) is 6.98. The van der Waals surface area contributed by atoms with Gasteiger partial charge in [0.15, 0.2) is 0 Å². The molecule has 2 atom stereocenters. The Bertz CT molecular complexity index is 536. The van der Waals surface area contributed by atoms with Crippen LogP contribution in [0.15, 0.2) is 29.2 Å². The molecule has 1 aromatic rings. The molecule has 0 amide bonds. The van der Waals surface area contributed by atoms with Crippen LogP contribution in [0.2, 0.25) is 0 Å². The Kier molecular flexibility index (Phi) is 5.94. The van der Waals surface area contributed by atoms with E-state index in [0.29, 0.717) is 19.0 Å². The van der Waals surface area contributed by atoms with E-state index in [2.05, 4.69) is 6.92 Å². The van der Waals surface area contributed by atoms with E-state index < -0.39 is 15.8 Å². The molecule has 1 fully saturated rings. The number of piperidine rings is 1. The van der Waals surface area contributed by atoms with E-state index >= 15 is 0 Å². The molecule has 0 aliphatic carbocycles. The second-order valence-electron chi connectivity index (χ2n) is 5.09. The minimum absolute atomic E-state index is 0. The van der Waals surface area contributed by atoms with Gasteiger partial charge in [0.25, 0.3) is 0 Å². The SMILES string of the molecule is CC1CCN(S(=O)(=O)c2ccc(F)cc2)C(CN)C1.Cl. The molecule has 1 saturated heterocycles. The maximum atomic E-state index is 12.9. The number of halogens is 2. The summed E-state index contributed by atoms with van der Waals surface area (Å²) in [5, 5.41) is 0. The van der Waals surface area contributed by atoms with E-state index in [1.165, 1.54) is 16.4 Å². The summed E-state index contributed by atoms with van der Waals surface area (Å²) in [6.45, 7) is 2.89. The molecular formula is C13H20ClFN2O2S. The van der Waals surface area contributed by atoms with Gasteiger partial charge in [-0.3, -0.25) is 0 Å². The predicted octanol–water partition coefficient (Wildman–Crippen LogP) is 2.00. The molecule has 0 bridgehead atoms. The maximum absolute atomic E-state index is 12.9. The van der Waals surface area contributed by atoms with Crippen molar-refractivity contribution < 1.29 is 12.8 Å². The van der Waals surface area contributed by atoms with Gasteiger partial charge in [0.1, 0.15) is 5.82 Å². The molecule has 7 heteroatoms. The molecule has 1 aromatic carbocycles. The topological polar surface area (TPSA) is 63.4 Å². The Hall–Kier alpha value is -0.690. The molecule has 20 heavy (non-hydrogen) atoms. The van der Waals surface area contributed by atoms with E-state index in [0.717, 1.165) is 25.0 Å². The monoisotopic (exact) mass is 322 g/mol. The van der Waals surface area contributed by atoms with Crippen molar-refractivity contribution in [3.63, 3.8) is 0 Å². The van der Waals surface area contributed by atoms with Crippen molar-refractivity contribution in [2.45, 2.75) is 30.7 Å². The van der Waals surface area contributed by atoms with Gasteiger partial charge in [-0.1, -0.05) is 6.92 Å². The molecule has 2 rings (SSSR count). The number of nitrogens with zero attached hydrogens (tertiary/aromatic N) is 1. The zero-order valence-electron chi connectivity index (χ0n) is 11.3. The fourth-order valence-corrected chi connectivity index (χ4v) is 4.16. The molecule has 2 N–H and O–H groups in total. The van der Waals surface area contributed by atoms with Gasteiger partial charge in [0.2, 0.25) is 10.0 Å². The van der Waals surface area contributed by atoms with E-state index in [-0.39, 0.29) is 23.3 Å². The summed E-state index contributed by atoms with van der Waals surface area (Å²) in [5.74, 6) is 0.0369. The Balaban J connectivity index is 0.00000200. The average molecular weight is 323 g/mol. The Morgan fingerprint density at radius 1 is 1.35 bits per heavy atom. The van der Waals surface area contributed by atoms with Crippen molar-refractivity contribution in [1.82, 2.24) is 4.31 Å². The zero-order valence-corrected chi connectivity index (χ0v) is 13.0. The smallest absolute Gasteiger partial charge is 0.243 e. The molecule has 1 heterocycles. The van der Waals surface area contributed by atoms with Crippen molar-refractivity contribution in [3.05, 3.63) is 30.1 Å². The van der Waals surface area contributed by atoms with Crippen molar-refractivity contribution in [1.29, 1.82) is 0 Å². The summed E-state index contributed by atoms with van der Waals surface area (Å²) >= 11 is 0. The Morgan fingerprint density at radius 2 is 1.95 bits per heavy atom. The quantitative estimate of drug-likeness (QED) is 0.925. The third kappa shape index (κ3) is 3.49. The number of rotatable bonds is 3. The lowest BCUT2D eigenvalue weighted by molar-refractivity contribution is 0.211. The van der Waals surface area contributed by atoms with Crippen LogP contribution in [-0.4, -0.2) is 31.9 Å². The molecule has 0 spiro atoms. The summed E-state index contributed by atoms with van der Waals surface area (Å²) in [5.41, 5.74) is 5.69. The third-order valence-electron chi connectivity index (χ3n) is 3.62. The minimum Gasteiger partial charge on any atom is -0.329 e. The maximum Gasteiger partial charge on any atom is 0.243 e. The first kappa shape index (κ1) is 17.4. The van der Waals surface area contributed by atoms with E-state index in [4.69, 9.17) is 5.73 Å². The lowest BCUT2D eigenvalue weighted by Crippen LogP contribution is -2.49. The second kappa shape index (κ2) is 6.85. The van der Waals surface area contributed by atoms with Gasteiger partial charge < -0.3 is 5.73 Å². The Labute approximate surface area is 125 Å². The van der Waals surface area contributed by atoms with Crippen LogP contribution >= 0.6 is 12.4 Å². The van der Waals surface area contributed by atoms with Crippen LogP contribution < -0.4 is 5.73 Å². The number of sulfonamides is 1. The molecule has 0 aromatic heterocycles. The third-order valence-corrected chi connectivity index (χ3v) is 5.58. The van der Waals surface area contributed by atoms with Crippen LogP contribution in [0.1, 0.15) is 19.8 Å². The fourth-order valence-electron chi connectivity index (χ4n) is 2.50. The Morgan fingerprint density at radius 3 is 2.50 bits per heavy atom. The van der Waals surface area contributed by atoms with Crippen LogP contribution in [-0.2, 0) is 10.0 Å². The van der Waals surface area contributed by atoms with E-state index in [1.807, 2.05) is 0 Å². The van der Waals surface area contributed by atoms with E-state index in [1.54, 1.807) is 0 Å². The van der Waals surface area contributed by atoms with Crippen molar-refractivity contribution in [2.24, 2.45) is 11.7 Å².